The van der Waals surface area contributed by atoms with Gasteiger partial charge in [0.1, 0.15) is 0 Å². The first-order valence-electron chi connectivity index (χ1n) is 6.64. The van der Waals surface area contributed by atoms with Crippen LogP contribution in [-0.4, -0.2) is 31.1 Å². The number of amides is 2. The Morgan fingerprint density at radius 2 is 1.88 bits per heavy atom. The van der Waals surface area contributed by atoms with E-state index in [-0.39, 0.29) is 6.03 Å². The van der Waals surface area contributed by atoms with Crippen LogP contribution in [0.15, 0.2) is 0 Å². The van der Waals surface area contributed by atoms with Crippen LogP contribution >= 0.6 is 0 Å². The van der Waals surface area contributed by atoms with Gasteiger partial charge in [0, 0.05) is 20.1 Å². The third-order valence-electron chi connectivity index (χ3n) is 5.14. The number of urea groups is 1. The second kappa shape index (κ2) is 3.64. The molecule has 5 atom stereocenters. The van der Waals surface area contributed by atoms with Gasteiger partial charge in [0.05, 0.1) is 0 Å². The quantitative estimate of drug-likeness (QED) is 0.724. The number of fused-ring (bicyclic) bond motifs is 5. The second-order valence-corrected chi connectivity index (χ2v) is 6.10. The predicted octanol–water partition coefficient (Wildman–Crippen LogP) is 2.08. The van der Waals surface area contributed by atoms with Crippen molar-refractivity contribution in [3.8, 4) is 0 Å². The van der Waals surface area contributed by atoms with Gasteiger partial charge in [-0.3, -0.25) is 0 Å². The number of hydrogen-bond acceptors (Lipinski definition) is 1. The smallest absolute Gasteiger partial charge is 0.317 e. The molecule has 2 bridgehead atoms. The van der Waals surface area contributed by atoms with Crippen LogP contribution in [0.5, 0.6) is 0 Å². The van der Waals surface area contributed by atoms with E-state index in [1.165, 1.54) is 32.1 Å². The minimum atomic E-state index is 0.0899. The lowest BCUT2D eigenvalue weighted by molar-refractivity contribution is 0.184. The lowest BCUT2D eigenvalue weighted by atomic mass is 9.79. The number of carbonyl (C=O) groups excluding carboxylic acids is 1. The lowest BCUT2D eigenvalue weighted by Gasteiger charge is -2.32. The van der Waals surface area contributed by atoms with E-state index in [2.05, 4.69) is 5.32 Å². The second-order valence-electron chi connectivity index (χ2n) is 6.10. The first-order chi connectivity index (χ1) is 7.66. The molecule has 3 nitrogen and oxygen atoms in total. The van der Waals surface area contributed by atoms with Crippen molar-refractivity contribution in [3.63, 3.8) is 0 Å². The van der Waals surface area contributed by atoms with E-state index in [1.54, 1.807) is 4.90 Å². The number of nitrogens with zero attached hydrogens (tertiary/aromatic N) is 1. The van der Waals surface area contributed by atoms with Gasteiger partial charge in [-0.05, 0) is 49.4 Å². The summed E-state index contributed by atoms with van der Waals surface area (Å²) in [5.41, 5.74) is 0. The largest absolute Gasteiger partial charge is 0.335 e. The van der Waals surface area contributed by atoms with Crippen molar-refractivity contribution in [1.82, 2.24) is 10.2 Å². The summed E-state index contributed by atoms with van der Waals surface area (Å²) < 4.78 is 0. The Labute approximate surface area is 97.6 Å². The first kappa shape index (κ1) is 10.4. The highest BCUT2D eigenvalue weighted by Crippen LogP contribution is 2.58. The zero-order chi connectivity index (χ0) is 11.3. The van der Waals surface area contributed by atoms with Gasteiger partial charge in [-0.15, -0.1) is 0 Å². The fraction of sp³-hybridized carbons (Fsp3) is 0.923. The molecule has 3 saturated carbocycles. The van der Waals surface area contributed by atoms with Crippen LogP contribution < -0.4 is 5.32 Å². The van der Waals surface area contributed by atoms with Crippen molar-refractivity contribution in [2.75, 3.05) is 14.1 Å². The van der Waals surface area contributed by atoms with E-state index in [0.29, 0.717) is 6.04 Å². The molecule has 0 aromatic carbocycles. The van der Waals surface area contributed by atoms with Gasteiger partial charge in [0.25, 0.3) is 0 Å². The molecule has 0 aliphatic heterocycles. The van der Waals surface area contributed by atoms with Crippen LogP contribution in [-0.2, 0) is 0 Å². The molecule has 0 spiro atoms. The molecule has 2 amide bonds. The maximum absolute atomic E-state index is 11.7. The summed E-state index contributed by atoms with van der Waals surface area (Å²) in [6, 6.07) is 0.561. The zero-order valence-electron chi connectivity index (χ0n) is 10.3. The topological polar surface area (TPSA) is 32.3 Å². The monoisotopic (exact) mass is 222 g/mol. The molecule has 0 aromatic rings. The minimum Gasteiger partial charge on any atom is -0.335 e. The lowest BCUT2D eigenvalue weighted by Crippen LogP contribution is -2.46. The molecule has 0 heterocycles. The van der Waals surface area contributed by atoms with E-state index in [1.807, 2.05) is 14.1 Å². The third-order valence-corrected chi connectivity index (χ3v) is 5.14. The molecule has 3 heteroatoms. The van der Waals surface area contributed by atoms with Crippen molar-refractivity contribution < 1.29 is 4.79 Å². The molecule has 3 fully saturated rings. The number of rotatable bonds is 1. The van der Waals surface area contributed by atoms with Gasteiger partial charge in [0.15, 0.2) is 0 Å². The molecular formula is C13H22N2O. The Hall–Kier alpha value is -0.730. The fourth-order valence-corrected chi connectivity index (χ4v) is 4.52. The highest BCUT2D eigenvalue weighted by molar-refractivity contribution is 5.73. The Morgan fingerprint density at radius 3 is 2.62 bits per heavy atom. The van der Waals surface area contributed by atoms with E-state index < -0.39 is 0 Å². The standard InChI is InChI=1S/C13H22N2O/c1-15(2)13(16)14-12-7-8-6-11(12)10-5-3-4-9(8)10/h8-12H,3-7H2,1-2H3,(H,14,16). The fourth-order valence-electron chi connectivity index (χ4n) is 4.52. The van der Waals surface area contributed by atoms with Gasteiger partial charge in [0.2, 0.25) is 0 Å². The third kappa shape index (κ3) is 1.44. The molecule has 3 aliphatic carbocycles. The van der Waals surface area contributed by atoms with Crippen LogP contribution in [0.25, 0.3) is 0 Å². The summed E-state index contributed by atoms with van der Waals surface area (Å²) in [6.45, 7) is 0. The molecule has 5 unspecified atom stereocenters. The maximum atomic E-state index is 11.7. The average molecular weight is 222 g/mol. The summed E-state index contributed by atoms with van der Waals surface area (Å²) in [7, 11) is 3.64. The van der Waals surface area contributed by atoms with Crippen molar-refractivity contribution in [1.29, 1.82) is 0 Å². The summed E-state index contributed by atoms with van der Waals surface area (Å²) >= 11 is 0. The molecule has 0 radical (unpaired) electrons. The van der Waals surface area contributed by atoms with Gasteiger partial charge < -0.3 is 10.2 Å². The summed E-state index contributed by atoms with van der Waals surface area (Å²) in [5.74, 6) is 3.66. The first-order valence-corrected chi connectivity index (χ1v) is 6.64. The van der Waals surface area contributed by atoms with Gasteiger partial charge in [-0.1, -0.05) is 6.42 Å². The molecule has 90 valence electrons. The Bertz CT molecular complexity index is 302. The van der Waals surface area contributed by atoms with Crippen molar-refractivity contribution in [2.24, 2.45) is 23.7 Å². The molecule has 16 heavy (non-hydrogen) atoms. The van der Waals surface area contributed by atoms with Crippen LogP contribution in [0.2, 0.25) is 0 Å². The van der Waals surface area contributed by atoms with Gasteiger partial charge in [-0.2, -0.15) is 0 Å². The van der Waals surface area contributed by atoms with Crippen LogP contribution in [0.1, 0.15) is 32.1 Å². The zero-order valence-corrected chi connectivity index (χ0v) is 10.3. The number of carbonyl (C=O) groups is 1. The Morgan fingerprint density at radius 1 is 1.12 bits per heavy atom. The summed E-state index contributed by atoms with van der Waals surface area (Å²) in [5, 5.41) is 3.21. The van der Waals surface area contributed by atoms with E-state index in [9.17, 15) is 4.79 Å². The number of nitrogens with one attached hydrogen (secondary N) is 1. The highest BCUT2D eigenvalue weighted by Gasteiger charge is 2.54. The number of hydrogen-bond donors (Lipinski definition) is 1. The maximum Gasteiger partial charge on any atom is 0.317 e. The molecule has 0 aromatic heterocycles. The Kier molecular flexibility index (Phi) is 2.37. The van der Waals surface area contributed by atoms with E-state index in [0.717, 1.165) is 23.7 Å². The Balaban J connectivity index is 1.66. The van der Waals surface area contributed by atoms with Crippen LogP contribution in [0, 0.1) is 23.7 Å². The molecule has 1 N–H and O–H groups in total. The molecular weight excluding hydrogens is 200 g/mol. The molecule has 0 saturated heterocycles. The summed E-state index contributed by atoms with van der Waals surface area (Å²) in [6.07, 6.45) is 6.93. The van der Waals surface area contributed by atoms with Crippen molar-refractivity contribution in [3.05, 3.63) is 0 Å². The SMILES string of the molecule is CN(C)C(=O)NC1CC2CC1C1CCCC21. The van der Waals surface area contributed by atoms with Crippen molar-refractivity contribution in [2.45, 2.75) is 38.1 Å². The molecule has 3 aliphatic rings. The van der Waals surface area contributed by atoms with Crippen molar-refractivity contribution >= 4 is 6.03 Å². The van der Waals surface area contributed by atoms with Gasteiger partial charge >= 0.3 is 6.03 Å². The van der Waals surface area contributed by atoms with E-state index in [4.69, 9.17) is 0 Å². The summed E-state index contributed by atoms with van der Waals surface area (Å²) in [4.78, 5) is 13.3. The van der Waals surface area contributed by atoms with Crippen LogP contribution in [0.4, 0.5) is 4.79 Å². The van der Waals surface area contributed by atoms with E-state index >= 15 is 0 Å². The van der Waals surface area contributed by atoms with Crippen LogP contribution in [0.3, 0.4) is 0 Å². The average Bonchev–Trinajstić information content (AvgIpc) is 2.87. The normalized spacial score (nSPS) is 44.5. The minimum absolute atomic E-state index is 0.0899. The van der Waals surface area contributed by atoms with Gasteiger partial charge in [-0.25, -0.2) is 4.79 Å². The highest BCUT2D eigenvalue weighted by atomic mass is 16.2. The molecule has 3 rings (SSSR count). The predicted molar refractivity (Wildman–Crippen MR) is 63.1 cm³/mol.